The van der Waals surface area contributed by atoms with Gasteiger partial charge in [0.05, 0.1) is 6.42 Å². The van der Waals surface area contributed by atoms with E-state index in [0.29, 0.717) is 24.1 Å². The number of para-hydroxylation sites is 1. The van der Waals surface area contributed by atoms with Crippen molar-refractivity contribution in [3.05, 3.63) is 59.7 Å². The van der Waals surface area contributed by atoms with Crippen LogP contribution in [0, 0.1) is 6.92 Å². The lowest BCUT2D eigenvalue weighted by atomic mass is 10.0. The highest BCUT2D eigenvalue weighted by molar-refractivity contribution is 6.00. The zero-order chi connectivity index (χ0) is 28.5. The SMILES string of the molecule is CCCCN(C(=O)C(CC(N)=O)NC(=O)OC(C)(C)C)C(C(=O)Nc1ccccc1C)c1cccc(O)c1. The van der Waals surface area contributed by atoms with Crippen LogP contribution < -0.4 is 16.4 Å². The Morgan fingerprint density at radius 1 is 1.08 bits per heavy atom. The first-order valence-electron chi connectivity index (χ1n) is 12.6. The molecule has 0 fully saturated rings. The number of rotatable bonds is 11. The Hall–Kier alpha value is -4.08. The summed E-state index contributed by atoms with van der Waals surface area (Å²) in [4.78, 5) is 53.3. The summed E-state index contributed by atoms with van der Waals surface area (Å²) in [7, 11) is 0. The summed E-state index contributed by atoms with van der Waals surface area (Å²) in [6.45, 7) is 8.91. The largest absolute Gasteiger partial charge is 0.508 e. The molecule has 2 aromatic carbocycles. The van der Waals surface area contributed by atoms with E-state index in [0.717, 1.165) is 5.56 Å². The number of benzene rings is 2. The first kappa shape index (κ1) is 30.1. The van der Waals surface area contributed by atoms with Crippen molar-refractivity contribution in [1.82, 2.24) is 10.2 Å². The number of alkyl carbamates (subject to hydrolysis) is 1. The number of nitrogens with two attached hydrogens (primary N) is 1. The van der Waals surface area contributed by atoms with Crippen LogP contribution in [0.3, 0.4) is 0 Å². The zero-order valence-electron chi connectivity index (χ0n) is 22.6. The second-order valence-corrected chi connectivity index (χ2v) is 10.1. The molecular formula is C28H38N4O6. The molecule has 206 valence electrons. The number of nitrogens with zero attached hydrogens (tertiary/aromatic N) is 1. The van der Waals surface area contributed by atoms with E-state index >= 15 is 0 Å². The highest BCUT2D eigenvalue weighted by Gasteiger charge is 2.37. The lowest BCUT2D eigenvalue weighted by Gasteiger charge is -2.34. The topological polar surface area (TPSA) is 151 Å². The Morgan fingerprint density at radius 3 is 2.34 bits per heavy atom. The Labute approximate surface area is 223 Å². The van der Waals surface area contributed by atoms with Gasteiger partial charge in [-0.05, 0) is 63.4 Å². The van der Waals surface area contributed by atoms with Crippen molar-refractivity contribution in [1.29, 1.82) is 0 Å². The van der Waals surface area contributed by atoms with Gasteiger partial charge in [-0.2, -0.15) is 0 Å². The number of carbonyl (C=O) groups excluding carboxylic acids is 4. The molecule has 0 aromatic heterocycles. The summed E-state index contributed by atoms with van der Waals surface area (Å²) in [6.07, 6.45) is -0.150. The number of ether oxygens (including phenoxy) is 1. The summed E-state index contributed by atoms with van der Waals surface area (Å²) in [5.41, 5.74) is 6.30. The van der Waals surface area contributed by atoms with E-state index in [4.69, 9.17) is 10.5 Å². The van der Waals surface area contributed by atoms with Crippen molar-refractivity contribution in [3.8, 4) is 5.75 Å². The van der Waals surface area contributed by atoms with Crippen LogP contribution in [-0.2, 0) is 19.1 Å². The molecule has 4 amide bonds. The molecule has 2 aromatic rings. The second kappa shape index (κ2) is 13.5. The highest BCUT2D eigenvalue weighted by Crippen LogP contribution is 2.28. The zero-order valence-corrected chi connectivity index (χ0v) is 22.6. The summed E-state index contributed by atoms with van der Waals surface area (Å²) < 4.78 is 5.28. The molecule has 0 saturated heterocycles. The van der Waals surface area contributed by atoms with E-state index in [1.165, 1.54) is 17.0 Å². The van der Waals surface area contributed by atoms with Gasteiger partial charge in [-0.25, -0.2) is 4.79 Å². The van der Waals surface area contributed by atoms with Gasteiger partial charge in [0.15, 0.2) is 0 Å². The fourth-order valence-electron chi connectivity index (χ4n) is 3.83. The van der Waals surface area contributed by atoms with Crippen molar-refractivity contribution >= 4 is 29.5 Å². The third-order valence-electron chi connectivity index (χ3n) is 5.58. The molecule has 2 unspecified atom stereocenters. The molecule has 10 nitrogen and oxygen atoms in total. The van der Waals surface area contributed by atoms with Gasteiger partial charge in [0.25, 0.3) is 5.91 Å². The number of unbranched alkanes of at least 4 members (excludes halogenated alkanes) is 1. The monoisotopic (exact) mass is 526 g/mol. The Kier molecular flexibility index (Phi) is 10.7. The molecule has 0 aliphatic carbocycles. The molecule has 0 aliphatic rings. The van der Waals surface area contributed by atoms with Crippen LogP contribution in [0.15, 0.2) is 48.5 Å². The van der Waals surface area contributed by atoms with Crippen molar-refractivity contribution < 1.29 is 29.0 Å². The van der Waals surface area contributed by atoms with E-state index in [2.05, 4.69) is 10.6 Å². The molecule has 0 saturated carbocycles. The van der Waals surface area contributed by atoms with Gasteiger partial charge < -0.3 is 31.1 Å². The Bertz CT molecular complexity index is 1140. The van der Waals surface area contributed by atoms with Crippen LogP contribution in [0.2, 0.25) is 0 Å². The molecule has 0 spiro atoms. The van der Waals surface area contributed by atoms with Crippen LogP contribution in [0.25, 0.3) is 0 Å². The smallest absolute Gasteiger partial charge is 0.408 e. The molecule has 5 N–H and O–H groups in total. The maximum atomic E-state index is 13.9. The minimum absolute atomic E-state index is 0.0837. The number of aromatic hydroxyl groups is 1. The van der Waals surface area contributed by atoms with Crippen molar-refractivity contribution in [2.24, 2.45) is 5.73 Å². The number of nitrogens with one attached hydrogen (secondary N) is 2. The van der Waals surface area contributed by atoms with E-state index in [1.54, 1.807) is 45.0 Å². The summed E-state index contributed by atoms with van der Waals surface area (Å²) >= 11 is 0. The van der Waals surface area contributed by atoms with Crippen molar-refractivity contribution in [3.63, 3.8) is 0 Å². The van der Waals surface area contributed by atoms with E-state index in [-0.39, 0.29) is 12.3 Å². The lowest BCUT2D eigenvalue weighted by Crippen LogP contribution is -2.53. The standard InChI is InChI=1S/C28H38N4O6/c1-6-7-15-32(26(36)22(17-23(29)34)31-27(37)38-28(3,4)5)24(19-12-10-13-20(33)16-19)25(35)30-21-14-9-8-11-18(21)2/h8-14,16,22,24,33H,6-7,15,17H2,1-5H3,(H2,29,34)(H,30,35)(H,31,37). The molecule has 2 rings (SSSR count). The molecule has 10 heteroatoms. The average molecular weight is 527 g/mol. The van der Waals surface area contributed by atoms with Crippen molar-refractivity contribution in [2.75, 3.05) is 11.9 Å². The molecule has 2 atom stereocenters. The van der Waals surface area contributed by atoms with Crippen LogP contribution >= 0.6 is 0 Å². The summed E-state index contributed by atoms with van der Waals surface area (Å²) in [6, 6.07) is 10.7. The molecular weight excluding hydrogens is 488 g/mol. The number of phenols is 1. The number of amides is 4. The van der Waals surface area contributed by atoms with Crippen LogP contribution in [0.1, 0.15) is 64.1 Å². The molecule has 0 aliphatic heterocycles. The minimum atomic E-state index is -1.37. The fraction of sp³-hybridized carbons (Fsp3) is 0.429. The molecule has 0 radical (unpaired) electrons. The number of aryl methyl sites for hydroxylation is 1. The fourth-order valence-corrected chi connectivity index (χ4v) is 3.83. The minimum Gasteiger partial charge on any atom is -0.508 e. The lowest BCUT2D eigenvalue weighted by molar-refractivity contribution is -0.142. The van der Waals surface area contributed by atoms with Crippen LogP contribution in [0.5, 0.6) is 5.75 Å². The third-order valence-corrected chi connectivity index (χ3v) is 5.58. The number of hydrogen-bond acceptors (Lipinski definition) is 6. The quantitative estimate of drug-likeness (QED) is 0.350. The Morgan fingerprint density at radius 2 is 1.76 bits per heavy atom. The van der Waals surface area contributed by atoms with Gasteiger partial charge in [0, 0.05) is 12.2 Å². The average Bonchev–Trinajstić information content (AvgIpc) is 2.80. The van der Waals surface area contributed by atoms with E-state index in [1.807, 2.05) is 26.0 Å². The van der Waals surface area contributed by atoms with Gasteiger partial charge in [-0.15, -0.1) is 0 Å². The van der Waals surface area contributed by atoms with Crippen LogP contribution in [-0.4, -0.2) is 52.0 Å². The normalized spacial score (nSPS) is 12.7. The van der Waals surface area contributed by atoms with Crippen LogP contribution in [0.4, 0.5) is 10.5 Å². The molecule has 0 bridgehead atoms. The van der Waals surface area contributed by atoms with Gasteiger partial charge in [-0.3, -0.25) is 14.4 Å². The molecule has 38 heavy (non-hydrogen) atoms. The first-order chi connectivity index (χ1) is 17.8. The number of primary amides is 1. The predicted octanol–water partition coefficient (Wildman–Crippen LogP) is 3.78. The third kappa shape index (κ3) is 9.10. The van der Waals surface area contributed by atoms with Gasteiger partial charge in [0.1, 0.15) is 23.4 Å². The highest BCUT2D eigenvalue weighted by atomic mass is 16.6. The number of phenolic OH excluding ortho intramolecular Hbond substituents is 1. The van der Waals surface area contributed by atoms with E-state index < -0.39 is 47.9 Å². The number of carbonyl (C=O) groups is 4. The maximum absolute atomic E-state index is 13.9. The van der Waals surface area contributed by atoms with Gasteiger partial charge >= 0.3 is 6.09 Å². The summed E-state index contributed by atoms with van der Waals surface area (Å²) in [5.74, 6) is -2.10. The maximum Gasteiger partial charge on any atom is 0.408 e. The van der Waals surface area contributed by atoms with E-state index in [9.17, 15) is 24.3 Å². The second-order valence-electron chi connectivity index (χ2n) is 10.1. The predicted molar refractivity (Wildman–Crippen MR) is 144 cm³/mol. The Balaban J connectivity index is 2.54. The molecule has 0 heterocycles. The van der Waals surface area contributed by atoms with Gasteiger partial charge in [0.2, 0.25) is 11.8 Å². The van der Waals surface area contributed by atoms with Crippen molar-refractivity contribution in [2.45, 2.75) is 71.6 Å². The first-order valence-corrected chi connectivity index (χ1v) is 12.6. The number of hydrogen-bond donors (Lipinski definition) is 4. The number of anilines is 1. The summed E-state index contributed by atoms with van der Waals surface area (Å²) in [5, 5.41) is 15.5. The van der Waals surface area contributed by atoms with Gasteiger partial charge in [-0.1, -0.05) is 43.7 Å².